The topological polar surface area (TPSA) is 79.5 Å². The second kappa shape index (κ2) is 8.39. The highest BCUT2D eigenvalue weighted by Crippen LogP contribution is 2.29. The highest BCUT2D eigenvalue weighted by Gasteiger charge is 2.31. The number of hydrogen-bond acceptors (Lipinski definition) is 3. The molecule has 1 aliphatic rings. The van der Waals surface area contributed by atoms with Crippen LogP contribution in [-0.2, 0) is 4.79 Å². The Kier molecular flexibility index (Phi) is 5.93. The van der Waals surface area contributed by atoms with E-state index in [1.807, 2.05) is 0 Å². The maximum Gasteiger partial charge on any atom is 0.387 e. The second-order valence-corrected chi connectivity index (χ2v) is 6.89. The fourth-order valence-corrected chi connectivity index (χ4v) is 3.08. The van der Waals surface area contributed by atoms with Crippen LogP contribution in [0.2, 0.25) is 0 Å². The van der Waals surface area contributed by atoms with Crippen molar-refractivity contribution >= 4 is 33.6 Å². The maximum absolute atomic E-state index is 12.9. The van der Waals surface area contributed by atoms with Gasteiger partial charge in [0.2, 0.25) is 0 Å². The Hall–Kier alpha value is -2.94. The number of rotatable bonds is 5. The van der Waals surface area contributed by atoms with Crippen LogP contribution in [-0.4, -0.2) is 18.5 Å². The first-order valence-corrected chi connectivity index (χ1v) is 9.03. The number of ether oxygens (including phenoxy) is 1. The first kappa shape index (κ1) is 19.8. The molecule has 0 aliphatic carbocycles. The van der Waals surface area contributed by atoms with Crippen LogP contribution in [0.3, 0.4) is 0 Å². The van der Waals surface area contributed by atoms with Gasteiger partial charge in [-0.3, -0.25) is 4.79 Å². The third kappa shape index (κ3) is 4.66. The Morgan fingerprint density at radius 1 is 1.14 bits per heavy atom. The molecule has 1 atom stereocenters. The molecule has 3 N–H and O–H groups in total. The average molecular weight is 452 g/mol. The first-order valence-electron chi connectivity index (χ1n) is 8.23. The van der Waals surface area contributed by atoms with Crippen LogP contribution < -0.4 is 20.7 Å². The van der Waals surface area contributed by atoms with Crippen molar-refractivity contribution in [3.05, 3.63) is 69.8 Å². The van der Waals surface area contributed by atoms with Crippen LogP contribution in [0.4, 0.5) is 19.3 Å². The molecule has 1 heterocycles. The molecule has 1 unspecified atom stereocenters. The number of anilines is 1. The largest absolute Gasteiger partial charge is 0.435 e. The van der Waals surface area contributed by atoms with Gasteiger partial charge in [0.05, 0.1) is 11.6 Å². The zero-order valence-electron chi connectivity index (χ0n) is 14.6. The summed E-state index contributed by atoms with van der Waals surface area (Å²) in [4.78, 5) is 24.8. The predicted molar refractivity (Wildman–Crippen MR) is 103 cm³/mol. The van der Waals surface area contributed by atoms with Gasteiger partial charge in [0.15, 0.2) is 0 Å². The van der Waals surface area contributed by atoms with Crippen LogP contribution >= 0.6 is 15.9 Å². The number of carbonyl (C=O) groups excluding carboxylic acids is 2. The highest BCUT2D eigenvalue weighted by molar-refractivity contribution is 9.10. The van der Waals surface area contributed by atoms with Gasteiger partial charge in [-0.1, -0.05) is 28.1 Å². The van der Waals surface area contributed by atoms with Crippen LogP contribution in [0.5, 0.6) is 5.75 Å². The summed E-state index contributed by atoms with van der Waals surface area (Å²) in [5, 5.41) is 8.05. The number of carbonyl (C=O) groups is 2. The van der Waals surface area contributed by atoms with Crippen molar-refractivity contribution in [1.29, 1.82) is 0 Å². The molecule has 0 spiro atoms. The van der Waals surface area contributed by atoms with Crippen molar-refractivity contribution in [1.82, 2.24) is 10.6 Å². The number of alkyl halides is 2. The third-order valence-electron chi connectivity index (χ3n) is 4.05. The van der Waals surface area contributed by atoms with Gasteiger partial charge in [0.25, 0.3) is 5.91 Å². The van der Waals surface area contributed by atoms with Gasteiger partial charge in [-0.15, -0.1) is 0 Å². The molecule has 0 radical (unpaired) electrons. The Bertz CT molecular complexity index is 915. The maximum atomic E-state index is 12.9. The van der Waals surface area contributed by atoms with E-state index in [4.69, 9.17) is 0 Å². The lowest BCUT2D eigenvalue weighted by Gasteiger charge is -2.28. The van der Waals surface area contributed by atoms with E-state index in [-0.39, 0.29) is 5.75 Å². The first-order chi connectivity index (χ1) is 13.3. The minimum Gasteiger partial charge on any atom is -0.435 e. The molecule has 0 fully saturated rings. The number of benzene rings is 2. The predicted octanol–water partition coefficient (Wildman–Crippen LogP) is 4.32. The van der Waals surface area contributed by atoms with Crippen molar-refractivity contribution in [2.75, 3.05) is 5.32 Å². The number of allylic oxidation sites excluding steroid dienone is 1. The van der Waals surface area contributed by atoms with E-state index in [1.165, 1.54) is 24.3 Å². The van der Waals surface area contributed by atoms with Crippen molar-refractivity contribution < 1.29 is 23.1 Å². The van der Waals surface area contributed by atoms with Gasteiger partial charge < -0.3 is 20.7 Å². The zero-order valence-corrected chi connectivity index (χ0v) is 16.2. The molecular weight excluding hydrogens is 436 g/mol. The quantitative estimate of drug-likeness (QED) is 0.633. The summed E-state index contributed by atoms with van der Waals surface area (Å²) in [5.41, 5.74) is 1.85. The third-order valence-corrected chi connectivity index (χ3v) is 4.58. The molecule has 0 saturated carbocycles. The zero-order chi connectivity index (χ0) is 20.3. The Morgan fingerprint density at radius 3 is 2.39 bits per heavy atom. The average Bonchev–Trinajstić information content (AvgIpc) is 2.63. The van der Waals surface area contributed by atoms with E-state index in [0.717, 1.165) is 4.47 Å². The Balaban J connectivity index is 1.87. The molecular formula is C19H16BrF2N3O3. The molecule has 0 bridgehead atoms. The lowest BCUT2D eigenvalue weighted by Crippen LogP contribution is -2.45. The summed E-state index contributed by atoms with van der Waals surface area (Å²) in [6.07, 6.45) is 0. The molecule has 146 valence electrons. The van der Waals surface area contributed by atoms with Gasteiger partial charge >= 0.3 is 12.6 Å². The molecule has 0 saturated heterocycles. The standard InChI is InChI=1S/C19H16BrF2N3O3/c1-10-15(17(26)24-13-6-4-12(20)5-7-13)16(25-19(27)23-10)11-2-8-14(9-3-11)28-18(21)22/h2-9,16,18H,1H3,(H,24,26)(H2,23,25,27). The van der Waals surface area contributed by atoms with Gasteiger partial charge in [-0.25, -0.2) is 4.79 Å². The fourth-order valence-electron chi connectivity index (χ4n) is 2.82. The number of urea groups is 1. The van der Waals surface area contributed by atoms with E-state index in [9.17, 15) is 18.4 Å². The molecule has 2 aromatic rings. The SMILES string of the molecule is CC1=C(C(=O)Nc2ccc(Br)cc2)C(c2ccc(OC(F)F)cc2)NC(=O)N1. The lowest BCUT2D eigenvalue weighted by molar-refractivity contribution is -0.113. The Labute approximate surface area is 168 Å². The van der Waals surface area contributed by atoms with Crippen LogP contribution in [0.25, 0.3) is 0 Å². The van der Waals surface area contributed by atoms with Gasteiger partial charge in [0.1, 0.15) is 5.75 Å². The number of hydrogen-bond donors (Lipinski definition) is 3. The van der Waals surface area contributed by atoms with E-state index in [0.29, 0.717) is 22.5 Å². The Morgan fingerprint density at radius 2 is 1.79 bits per heavy atom. The normalized spacial score (nSPS) is 16.5. The smallest absolute Gasteiger partial charge is 0.387 e. The summed E-state index contributed by atoms with van der Waals surface area (Å²) in [7, 11) is 0. The van der Waals surface area contributed by atoms with Gasteiger partial charge in [0, 0.05) is 15.9 Å². The monoisotopic (exact) mass is 451 g/mol. The lowest BCUT2D eigenvalue weighted by atomic mass is 9.94. The summed E-state index contributed by atoms with van der Waals surface area (Å²) >= 11 is 3.33. The van der Waals surface area contributed by atoms with Crippen molar-refractivity contribution in [2.24, 2.45) is 0 Å². The highest BCUT2D eigenvalue weighted by atomic mass is 79.9. The van der Waals surface area contributed by atoms with Gasteiger partial charge in [-0.05, 0) is 48.9 Å². The minimum atomic E-state index is -2.93. The molecule has 1 aliphatic heterocycles. The van der Waals surface area contributed by atoms with E-state index < -0.39 is 24.6 Å². The molecule has 3 amide bonds. The van der Waals surface area contributed by atoms with Crippen molar-refractivity contribution in [2.45, 2.75) is 19.6 Å². The van der Waals surface area contributed by atoms with Crippen LogP contribution in [0, 0.1) is 0 Å². The number of halogens is 3. The van der Waals surface area contributed by atoms with E-state index >= 15 is 0 Å². The molecule has 0 aromatic heterocycles. The summed E-state index contributed by atoms with van der Waals surface area (Å²) < 4.78 is 29.9. The number of amides is 3. The summed E-state index contributed by atoms with van der Waals surface area (Å²) in [6, 6.07) is 11.6. The van der Waals surface area contributed by atoms with Crippen LogP contribution in [0.1, 0.15) is 18.5 Å². The summed E-state index contributed by atoms with van der Waals surface area (Å²) in [6.45, 7) is -1.31. The molecule has 9 heteroatoms. The van der Waals surface area contributed by atoms with E-state index in [2.05, 4.69) is 36.6 Å². The van der Waals surface area contributed by atoms with Gasteiger partial charge in [-0.2, -0.15) is 8.78 Å². The van der Waals surface area contributed by atoms with Crippen molar-refractivity contribution in [3.8, 4) is 5.75 Å². The van der Waals surface area contributed by atoms with Crippen LogP contribution in [0.15, 0.2) is 64.3 Å². The summed E-state index contributed by atoms with van der Waals surface area (Å²) in [5.74, 6) is -0.411. The van der Waals surface area contributed by atoms with Crippen molar-refractivity contribution in [3.63, 3.8) is 0 Å². The van der Waals surface area contributed by atoms with E-state index in [1.54, 1.807) is 31.2 Å². The fraction of sp³-hybridized carbons (Fsp3) is 0.158. The molecule has 6 nitrogen and oxygen atoms in total. The molecule has 3 rings (SSSR count). The number of nitrogens with one attached hydrogen (secondary N) is 3. The molecule has 28 heavy (non-hydrogen) atoms. The molecule has 2 aromatic carbocycles. The second-order valence-electron chi connectivity index (χ2n) is 5.98. The minimum absolute atomic E-state index is 0.0134.